The van der Waals surface area contributed by atoms with E-state index in [0.29, 0.717) is 40.9 Å². The monoisotopic (exact) mass is 374 g/mol. The Labute approximate surface area is 164 Å². The van der Waals surface area contributed by atoms with Gasteiger partial charge in [-0.2, -0.15) is 0 Å². The summed E-state index contributed by atoms with van der Waals surface area (Å²) in [7, 11) is 0. The normalized spacial score (nSPS) is 49.8. The molecule has 0 spiro atoms. The topological polar surface area (TPSA) is 57.5 Å². The van der Waals surface area contributed by atoms with Gasteiger partial charge in [-0.15, -0.1) is 0 Å². The van der Waals surface area contributed by atoms with Gasteiger partial charge in [0.15, 0.2) is 0 Å². The van der Waals surface area contributed by atoms with Crippen LogP contribution in [-0.4, -0.2) is 22.3 Å². The fourth-order valence-electron chi connectivity index (χ4n) is 8.12. The second-order valence-electron chi connectivity index (χ2n) is 10.9. The fraction of sp³-hybridized carbons (Fsp3) is 0.875. The number of rotatable bonds is 4. The molecular formula is C24H38O3. The van der Waals surface area contributed by atoms with Crippen LogP contribution in [0.2, 0.25) is 0 Å². The Balaban J connectivity index is 1.55. The standard InChI is InChI=1S/C24H38O3/c1-15(4-9-22(26)27)19-7-8-20-18-6-5-16-14-17(25)10-12-23(16,2)21(18)11-13-24(19,20)3/h5-6,15-21,25H,4,7-14H2,1-3H3,(H,26,27)/t15?,16?,17-,18?,19?,20?,21?,23?,24?/m0/s1. The van der Waals surface area contributed by atoms with Crippen LogP contribution in [0.15, 0.2) is 12.2 Å². The maximum Gasteiger partial charge on any atom is 0.303 e. The summed E-state index contributed by atoms with van der Waals surface area (Å²) >= 11 is 0. The molecule has 9 atom stereocenters. The largest absolute Gasteiger partial charge is 0.481 e. The molecule has 3 fully saturated rings. The van der Waals surface area contributed by atoms with Crippen molar-refractivity contribution in [2.45, 2.75) is 84.7 Å². The molecule has 27 heavy (non-hydrogen) atoms. The summed E-state index contributed by atoms with van der Waals surface area (Å²) in [6.07, 6.45) is 14.3. The van der Waals surface area contributed by atoms with Crippen molar-refractivity contribution in [2.75, 3.05) is 0 Å². The van der Waals surface area contributed by atoms with E-state index in [-0.39, 0.29) is 6.10 Å². The Bertz CT molecular complexity index is 613. The third kappa shape index (κ3) is 3.09. The highest BCUT2D eigenvalue weighted by molar-refractivity contribution is 5.66. The first-order chi connectivity index (χ1) is 12.8. The second-order valence-corrected chi connectivity index (χ2v) is 10.9. The average Bonchev–Trinajstić information content (AvgIpc) is 2.97. The number of aliphatic hydroxyl groups is 1. The number of aliphatic carboxylic acids is 1. The number of fused-ring (bicyclic) bond motifs is 5. The van der Waals surface area contributed by atoms with Crippen molar-refractivity contribution in [3.8, 4) is 0 Å². The van der Waals surface area contributed by atoms with Gasteiger partial charge in [0.25, 0.3) is 0 Å². The quantitative estimate of drug-likeness (QED) is 0.658. The summed E-state index contributed by atoms with van der Waals surface area (Å²) < 4.78 is 0. The first-order valence-electron chi connectivity index (χ1n) is 11.3. The maximum absolute atomic E-state index is 11.0. The third-order valence-corrected chi connectivity index (χ3v) is 9.71. The number of carbonyl (C=O) groups is 1. The van der Waals surface area contributed by atoms with Crippen molar-refractivity contribution < 1.29 is 15.0 Å². The van der Waals surface area contributed by atoms with Crippen LogP contribution in [0.25, 0.3) is 0 Å². The minimum atomic E-state index is -0.654. The van der Waals surface area contributed by atoms with Gasteiger partial charge in [-0.3, -0.25) is 4.79 Å². The molecule has 2 N–H and O–H groups in total. The lowest BCUT2D eigenvalue weighted by Crippen LogP contribution is -2.52. The highest BCUT2D eigenvalue weighted by atomic mass is 16.4. The van der Waals surface area contributed by atoms with Gasteiger partial charge in [0.2, 0.25) is 0 Å². The van der Waals surface area contributed by atoms with Crippen molar-refractivity contribution in [1.29, 1.82) is 0 Å². The Kier molecular flexibility index (Phi) is 4.98. The van der Waals surface area contributed by atoms with Crippen molar-refractivity contribution >= 4 is 5.97 Å². The number of hydrogen-bond acceptors (Lipinski definition) is 2. The van der Waals surface area contributed by atoms with Gasteiger partial charge in [0.1, 0.15) is 0 Å². The number of aliphatic hydroxyl groups excluding tert-OH is 1. The molecule has 0 amide bonds. The number of carboxylic acid groups (broad SMARTS) is 1. The van der Waals surface area contributed by atoms with E-state index in [4.69, 9.17) is 5.11 Å². The van der Waals surface area contributed by atoms with Gasteiger partial charge in [0, 0.05) is 6.42 Å². The molecular weight excluding hydrogens is 336 g/mol. The van der Waals surface area contributed by atoms with Gasteiger partial charge >= 0.3 is 5.97 Å². The van der Waals surface area contributed by atoms with Gasteiger partial charge in [-0.05, 0) is 97.7 Å². The molecule has 8 unspecified atom stereocenters. The summed E-state index contributed by atoms with van der Waals surface area (Å²) in [5, 5.41) is 19.2. The lowest BCUT2D eigenvalue weighted by Gasteiger charge is -2.59. The predicted molar refractivity (Wildman–Crippen MR) is 107 cm³/mol. The van der Waals surface area contributed by atoms with E-state index in [1.807, 2.05) is 0 Å². The number of hydrogen-bond donors (Lipinski definition) is 2. The predicted octanol–water partition coefficient (Wildman–Crippen LogP) is 5.28. The Hall–Kier alpha value is -0.830. The van der Waals surface area contributed by atoms with Gasteiger partial charge in [0.05, 0.1) is 6.10 Å². The lowest BCUT2D eigenvalue weighted by molar-refractivity contribution is -0.137. The van der Waals surface area contributed by atoms with E-state index >= 15 is 0 Å². The molecule has 152 valence electrons. The van der Waals surface area contributed by atoms with E-state index in [0.717, 1.165) is 31.1 Å². The van der Waals surface area contributed by atoms with E-state index in [9.17, 15) is 9.90 Å². The summed E-state index contributed by atoms with van der Waals surface area (Å²) in [4.78, 5) is 11.0. The van der Waals surface area contributed by atoms with E-state index in [1.165, 1.54) is 32.1 Å². The summed E-state index contributed by atoms with van der Waals surface area (Å²) in [5.41, 5.74) is 0.744. The Morgan fingerprint density at radius 3 is 2.52 bits per heavy atom. The molecule has 0 saturated heterocycles. The molecule has 0 radical (unpaired) electrons. The molecule has 0 bridgehead atoms. The first-order valence-corrected chi connectivity index (χ1v) is 11.3. The van der Waals surface area contributed by atoms with Crippen LogP contribution in [0.4, 0.5) is 0 Å². The van der Waals surface area contributed by atoms with Crippen LogP contribution < -0.4 is 0 Å². The zero-order chi connectivity index (χ0) is 19.4. The van der Waals surface area contributed by atoms with Crippen LogP contribution in [0.3, 0.4) is 0 Å². The van der Waals surface area contributed by atoms with Gasteiger partial charge < -0.3 is 10.2 Å². The molecule has 4 aliphatic rings. The van der Waals surface area contributed by atoms with Crippen molar-refractivity contribution in [3.63, 3.8) is 0 Å². The molecule has 4 aliphatic carbocycles. The van der Waals surface area contributed by atoms with Gasteiger partial charge in [-0.1, -0.05) is 32.9 Å². The third-order valence-electron chi connectivity index (χ3n) is 9.71. The SMILES string of the molecule is CC(CCC(=O)O)C1CCC2C3C=CC4C[C@@H](O)CCC4(C)C3CCC12C. The van der Waals surface area contributed by atoms with Crippen molar-refractivity contribution in [3.05, 3.63) is 12.2 Å². The van der Waals surface area contributed by atoms with E-state index < -0.39 is 5.97 Å². The Morgan fingerprint density at radius 2 is 1.78 bits per heavy atom. The molecule has 0 aromatic heterocycles. The zero-order valence-electron chi connectivity index (χ0n) is 17.4. The maximum atomic E-state index is 11.0. The summed E-state index contributed by atoms with van der Waals surface area (Å²) in [6.45, 7) is 7.33. The molecule has 4 rings (SSSR count). The average molecular weight is 375 g/mol. The molecule has 0 aromatic carbocycles. The second kappa shape index (κ2) is 6.90. The molecule has 3 heteroatoms. The van der Waals surface area contributed by atoms with Crippen molar-refractivity contribution in [1.82, 2.24) is 0 Å². The van der Waals surface area contributed by atoms with Crippen LogP contribution in [0, 0.1) is 46.3 Å². The molecule has 0 aliphatic heterocycles. The molecule has 3 nitrogen and oxygen atoms in total. The highest BCUT2D eigenvalue weighted by Gasteiger charge is 2.59. The van der Waals surface area contributed by atoms with Crippen LogP contribution >= 0.6 is 0 Å². The van der Waals surface area contributed by atoms with Crippen LogP contribution in [0.5, 0.6) is 0 Å². The minimum absolute atomic E-state index is 0.107. The number of allylic oxidation sites excluding steroid dienone is 2. The lowest BCUT2D eigenvalue weighted by atomic mass is 9.46. The summed E-state index contributed by atoms with van der Waals surface area (Å²) in [5.74, 6) is 3.30. The van der Waals surface area contributed by atoms with Gasteiger partial charge in [-0.25, -0.2) is 0 Å². The fourth-order valence-corrected chi connectivity index (χ4v) is 8.12. The van der Waals surface area contributed by atoms with Crippen LogP contribution in [-0.2, 0) is 4.79 Å². The number of carboxylic acids is 1. The minimum Gasteiger partial charge on any atom is -0.481 e. The molecule has 0 aromatic rings. The summed E-state index contributed by atoms with van der Waals surface area (Å²) in [6, 6.07) is 0. The van der Waals surface area contributed by atoms with Crippen molar-refractivity contribution in [2.24, 2.45) is 46.3 Å². The highest BCUT2D eigenvalue weighted by Crippen LogP contribution is 2.66. The van der Waals surface area contributed by atoms with E-state index in [1.54, 1.807) is 0 Å². The smallest absolute Gasteiger partial charge is 0.303 e. The molecule has 0 heterocycles. The zero-order valence-corrected chi connectivity index (χ0v) is 17.4. The first kappa shape index (κ1) is 19.5. The Morgan fingerprint density at radius 1 is 1.07 bits per heavy atom. The molecule has 3 saturated carbocycles. The van der Waals surface area contributed by atoms with Crippen LogP contribution in [0.1, 0.15) is 78.6 Å². The van der Waals surface area contributed by atoms with E-state index in [2.05, 4.69) is 32.9 Å².